The van der Waals surface area contributed by atoms with Gasteiger partial charge in [-0.15, -0.1) is 11.3 Å². The van der Waals surface area contributed by atoms with Gasteiger partial charge in [0, 0.05) is 6.04 Å². The van der Waals surface area contributed by atoms with Crippen LogP contribution in [0, 0.1) is 5.92 Å². The van der Waals surface area contributed by atoms with E-state index in [0.29, 0.717) is 10.7 Å². The Bertz CT molecular complexity index is 627. The van der Waals surface area contributed by atoms with Gasteiger partial charge in [-0.3, -0.25) is 4.79 Å². The van der Waals surface area contributed by atoms with Crippen LogP contribution in [0.2, 0.25) is 5.02 Å². The van der Waals surface area contributed by atoms with E-state index in [4.69, 9.17) is 17.3 Å². The van der Waals surface area contributed by atoms with E-state index >= 15 is 0 Å². The van der Waals surface area contributed by atoms with Gasteiger partial charge in [-0.05, 0) is 25.0 Å². The summed E-state index contributed by atoms with van der Waals surface area (Å²) in [7, 11) is 0. The van der Waals surface area contributed by atoms with Crippen molar-refractivity contribution < 1.29 is 4.79 Å². The van der Waals surface area contributed by atoms with E-state index in [-0.39, 0.29) is 17.9 Å². The Kier molecular flexibility index (Phi) is 3.43. The van der Waals surface area contributed by atoms with Crippen molar-refractivity contribution in [1.82, 2.24) is 4.98 Å². The Morgan fingerprint density at radius 3 is 3.05 bits per heavy atom. The number of thiazole rings is 1. The molecule has 2 unspecified atom stereocenters. The third-order valence-electron chi connectivity index (χ3n) is 3.61. The van der Waals surface area contributed by atoms with Gasteiger partial charge in [0.25, 0.3) is 0 Å². The minimum atomic E-state index is -0.120. The Balaban J connectivity index is 1.90. The topological polar surface area (TPSA) is 68.0 Å². The van der Waals surface area contributed by atoms with Crippen LogP contribution in [0.15, 0.2) is 17.6 Å². The zero-order valence-corrected chi connectivity index (χ0v) is 11.8. The smallest absolute Gasteiger partial charge is 0.229 e. The number of rotatable bonds is 2. The van der Waals surface area contributed by atoms with Gasteiger partial charge in [-0.25, -0.2) is 4.98 Å². The molecule has 0 bridgehead atoms. The monoisotopic (exact) mass is 295 g/mol. The van der Waals surface area contributed by atoms with Gasteiger partial charge in [0.2, 0.25) is 5.91 Å². The minimum absolute atomic E-state index is 0.0478. The number of hydrogen-bond acceptors (Lipinski definition) is 4. The zero-order chi connectivity index (χ0) is 13.4. The van der Waals surface area contributed by atoms with Crippen LogP contribution in [-0.2, 0) is 4.79 Å². The molecule has 1 heterocycles. The molecule has 3 rings (SSSR count). The van der Waals surface area contributed by atoms with Gasteiger partial charge in [0.05, 0.1) is 26.8 Å². The van der Waals surface area contributed by atoms with Crippen molar-refractivity contribution in [2.45, 2.75) is 25.3 Å². The van der Waals surface area contributed by atoms with Crippen molar-refractivity contribution in [3.63, 3.8) is 0 Å². The van der Waals surface area contributed by atoms with E-state index in [2.05, 4.69) is 10.3 Å². The molecule has 1 saturated carbocycles. The van der Waals surface area contributed by atoms with Crippen LogP contribution >= 0.6 is 22.9 Å². The van der Waals surface area contributed by atoms with Gasteiger partial charge in [-0.2, -0.15) is 0 Å². The number of halogens is 1. The van der Waals surface area contributed by atoms with Crippen molar-refractivity contribution in [3.05, 3.63) is 22.7 Å². The number of nitrogens with zero attached hydrogens (tertiary/aromatic N) is 1. The van der Waals surface area contributed by atoms with E-state index in [1.807, 2.05) is 6.07 Å². The second-order valence-corrected chi connectivity index (χ2v) is 6.11. The van der Waals surface area contributed by atoms with Crippen molar-refractivity contribution in [2.75, 3.05) is 5.32 Å². The zero-order valence-electron chi connectivity index (χ0n) is 10.2. The average Bonchev–Trinajstić information content (AvgIpc) is 3.01. The normalized spacial score (nSPS) is 22.8. The summed E-state index contributed by atoms with van der Waals surface area (Å²) >= 11 is 7.69. The number of amides is 1. The molecule has 0 saturated heterocycles. The van der Waals surface area contributed by atoms with Crippen LogP contribution < -0.4 is 11.1 Å². The van der Waals surface area contributed by atoms with Crippen molar-refractivity contribution in [2.24, 2.45) is 11.7 Å². The molecule has 0 radical (unpaired) electrons. The minimum Gasteiger partial charge on any atom is -0.327 e. The average molecular weight is 296 g/mol. The molecule has 2 aromatic rings. The molecule has 6 heteroatoms. The molecular formula is C13H14ClN3OS. The highest BCUT2D eigenvalue weighted by Crippen LogP contribution is 2.33. The molecule has 1 aromatic heterocycles. The predicted octanol–water partition coefficient (Wildman–Crippen LogP) is 3.02. The van der Waals surface area contributed by atoms with Crippen molar-refractivity contribution in [3.8, 4) is 0 Å². The summed E-state index contributed by atoms with van der Waals surface area (Å²) in [6.07, 6.45) is 2.76. The van der Waals surface area contributed by atoms with Crippen LogP contribution in [0.5, 0.6) is 0 Å². The maximum absolute atomic E-state index is 12.3. The van der Waals surface area contributed by atoms with Crippen LogP contribution in [0.1, 0.15) is 19.3 Å². The number of carbonyl (C=O) groups excluding carboxylic acids is 1. The first kappa shape index (κ1) is 12.8. The number of fused-ring (bicyclic) bond motifs is 1. The molecule has 2 atom stereocenters. The highest BCUT2D eigenvalue weighted by atomic mass is 35.5. The van der Waals surface area contributed by atoms with E-state index < -0.39 is 0 Å². The number of benzene rings is 1. The highest BCUT2D eigenvalue weighted by Gasteiger charge is 2.30. The second-order valence-electron chi connectivity index (χ2n) is 4.81. The molecule has 19 heavy (non-hydrogen) atoms. The molecule has 0 aliphatic heterocycles. The number of anilines is 1. The fourth-order valence-corrected chi connectivity index (χ4v) is 3.44. The highest BCUT2D eigenvalue weighted by molar-refractivity contribution is 7.16. The van der Waals surface area contributed by atoms with Gasteiger partial charge >= 0.3 is 0 Å². The summed E-state index contributed by atoms with van der Waals surface area (Å²) in [5.41, 5.74) is 9.05. The largest absolute Gasteiger partial charge is 0.327 e. The predicted molar refractivity (Wildman–Crippen MR) is 78.6 cm³/mol. The molecule has 1 aromatic carbocycles. The summed E-state index contributed by atoms with van der Waals surface area (Å²) in [4.78, 5) is 16.5. The molecule has 1 amide bonds. The van der Waals surface area contributed by atoms with Crippen LogP contribution in [-0.4, -0.2) is 16.9 Å². The number of carbonyl (C=O) groups is 1. The molecule has 1 aliphatic rings. The third-order valence-corrected chi connectivity index (χ3v) is 4.72. The van der Waals surface area contributed by atoms with Gasteiger partial charge in [0.1, 0.15) is 5.52 Å². The number of aromatic nitrogens is 1. The van der Waals surface area contributed by atoms with E-state index in [0.717, 1.165) is 29.5 Å². The van der Waals surface area contributed by atoms with Gasteiger partial charge < -0.3 is 11.1 Å². The summed E-state index contributed by atoms with van der Waals surface area (Å²) in [5.74, 6) is -0.169. The summed E-state index contributed by atoms with van der Waals surface area (Å²) in [5, 5.41) is 3.42. The molecule has 3 N–H and O–H groups in total. The second kappa shape index (κ2) is 5.07. The quantitative estimate of drug-likeness (QED) is 0.895. The molecule has 100 valence electrons. The summed E-state index contributed by atoms with van der Waals surface area (Å²) < 4.78 is 1.01. The Morgan fingerprint density at radius 2 is 2.32 bits per heavy atom. The lowest BCUT2D eigenvalue weighted by Gasteiger charge is -2.16. The number of hydrogen-bond donors (Lipinski definition) is 2. The van der Waals surface area contributed by atoms with Crippen molar-refractivity contribution >= 4 is 44.7 Å². The molecule has 1 fully saturated rings. The van der Waals surface area contributed by atoms with Gasteiger partial charge in [0.15, 0.2) is 0 Å². The van der Waals surface area contributed by atoms with Crippen LogP contribution in [0.4, 0.5) is 5.69 Å². The Labute approximate surface area is 120 Å². The first-order chi connectivity index (χ1) is 9.16. The maximum atomic E-state index is 12.3. The lowest BCUT2D eigenvalue weighted by molar-refractivity contribution is -0.120. The van der Waals surface area contributed by atoms with E-state index in [9.17, 15) is 4.79 Å². The van der Waals surface area contributed by atoms with Crippen LogP contribution in [0.3, 0.4) is 0 Å². The summed E-state index contributed by atoms with van der Waals surface area (Å²) in [6.45, 7) is 0. The molecule has 4 nitrogen and oxygen atoms in total. The first-order valence-corrected chi connectivity index (χ1v) is 7.50. The lowest BCUT2D eigenvalue weighted by Crippen LogP contribution is -2.34. The van der Waals surface area contributed by atoms with Crippen LogP contribution in [0.25, 0.3) is 10.2 Å². The van der Waals surface area contributed by atoms with E-state index in [1.165, 1.54) is 11.3 Å². The summed E-state index contributed by atoms with van der Waals surface area (Å²) in [6, 6.07) is 3.65. The fraction of sp³-hybridized carbons (Fsp3) is 0.385. The molecule has 1 aliphatic carbocycles. The Hall–Kier alpha value is -1.17. The third kappa shape index (κ3) is 2.33. The fourth-order valence-electron chi connectivity index (χ4n) is 2.56. The van der Waals surface area contributed by atoms with Gasteiger partial charge in [-0.1, -0.05) is 18.0 Å². The number of nitrogens with two attached hydrogens (primary N) is 1. The Morgan fingerprint density at radius 1 is 1.47 bits per heavy atom. The molecular weight excluding hydrogens is 282 g/mol. The maximum Gasteiger partial charge on any atom is 0.229 e. The van der Waals surface area contributed by atoms with Crippen molar-refractivity contribution in [1.29, 1.82) is 0 Å². The SMILES string of the molecule is NC1CCCC1C(=O)Nc1c(Cl)ccc2scnc12. The molecule has 0 spiro atoms. The van der Waals surface area contributed by atoms with E-state index in [1.54, 1.807) is 11.6 Å². The lowest BCUT2D eigenvalue weighted by atomic mass is 10.0. The standard InChI is InChI=1S/C13H14ClN3OS/c14-8-4-5-10-12(16-6-19-10)11(8)17-13(18)7-2-1-3-9(7)15/h4-7,9H,1-3,15H2,(H,17,18). The first-order valence-electron chi connectivity index (χ1n) is 6.25. The number of nitrogens with one attached hydrogen (secondary N) is 1.